The first-order valence-corrected chi connectivity index (χ1v) is 16.2. The minimum atomic E-state index is -4.21. The van der Waals surface area contributed by atoms with Gasteiger partial charge < -0.3 is 14.9 Å². The summed E-state index contributed by atoms with van der Waals surface area (Å²) >= 11 is 4.94. The Labute approximate surface area is 205 Å². The van der Waals surface area contributed by atoms with Crippen molar-refractivity contribution in [3.8, 4) is 0 Å². The monoisotopic (exact) mass is 548 g/mol. The number of unbranched alkanes of at least 4 members (excludes halogenated alkanes) is 15. The van der Waals surface area contributed by atoms with Crippen LogP contribution in [0.25, 0.3) is 0 Å². The Balaban J connectivity index is 0. The van der Waals surface area contributed by atoms with Crippen LogP contribution in [0.1, 0.15) is 116 Å². The lowest BCUT2D eigenvalue weighted by Crippen LogP contribution is -1.91. The summed E-state index contributed by atoms with van der Waals surface area (Å²) in [7, 11) is -4.21. The molecule has 0 saturated carbocycles. The Kier molecular flexibility index (Phi) is 31.8. The smallest absolute Gasteiger partial charge is 0.396 e. The van der Waals surface area contributed by atoms with E-state index in [-0.39, 0.29) is 6.61 Å². The first-order valence-electron chi connectivity index (χ1n) is 12.4. The van der Waals surface area contributed by atoms with Crippen molar-refractivity contribution in [1.29, 1.82) is 0 Å². The second-order valence-corrected chi connectivity index (χ2v) is 11.3. The van der Waals surface area contributed by atoms with E-state index in [0.717, 1.165) is 12.2 Å². The molecule has 0 bridgehead atoms. The van der Waals surface area contributed by atoms with Crippen LogP contribution in [0.2, 0.25) is 0 Å². The quantitative estimate of drug-likeness (QED) is 0.0684. The Hall–Kier alpha value is 0.900. The molecule has 0 atom stereocenters. The lowest BCUT2D eigenvalue weighted by Gasteiger charge is -2.03. The molecule has 5 nitrogen and oxygen atoms in total. The average molecular weight is 550 g/mol. The van der Waals surface area contributed by atoms with E-state index in [4.69, 9.17) is 14.9 Å². The van der Waals surface area contributed by atoms with Crippen molar-refractivity contribution in [3.05, 3.63) is 0 Å². The SMILES string of the molecule is CCCCCCCCCCCCCCCCCCSCCCO.O=P(O)(O)OCCBr. The lowest BCUT2D eigenvalue weighted by atomic mass is 10.0. The van der Waals surface area contributed by atoms with Gasteiger partial charge in [0.05, 0.1) is 6.61 Å². The minimum absolute atomic E-state index is 0.0320. The number of hydrogen-bond donors (Lipinski definition) is 3. The first-order chi connectivity index (χ1) is 15.0. The standard InChI is InChI=1S/C21H44OS.C2H6BrO4P/c1-2-3-4-5-6-7-8-9-10-11-12-13-14-15-16-17-20-23-21-18-19-22;3-1-2-7-8(4,5)6/h22H,2-21H2,1H3;1-2H2,(H2,4,5,6). The lowest BCUT2D eigenvalue weighted by molar-refractivity contribution is 0.208. The Bertz CT molecular complexity index is 352. The fourth-order valence-corrected chi connectivity index (χ4v) is 4.86. The molecule has 0 aromatic rings. The van der Waals surface area contributed by atoms with E-state index in [0.29, 0.717) is 11.9 Å². The van der Waals surface area contributed by atoms with Gasteiger partial charge in [0, 0.05) is 11.9 Å². The molecule has 0 aromatic carbocycles. The van der Waals surface area contributed by atoms with E-state index >= 15 is 0 Å². The van der Waals surface area contributed by atoms with Crippen molar-refractivity contribution in [2.75, 3.05) is 30.0 Å². The van der Waals surface area contributed by atoms with Crippen molar-refractivity contribution in [2.45, 2.75) is 116 Å². The van der Waals surface area contributed by atoms with Crippen LogP contribution < -0.4 is 0 Å². The molecular formula is C23H50BrO5PS. The van der Waals surface area contributed by atoms with Crippen LogP contribution in [0, 0.1) is 0 Å². The van der Waals surface area contributed by atoms with Gasteiger partial charge in [0.25, 0.3) is 0 Å². The number of thioether (sulfide) groups is 1. The molecular weight excluding hydrogens is 499 g/mol. The summed E-state index contributed by atoms with van der Waals surface area (Å²) in [6.07, 6.45) is 24.1. The van der Waals surface area contributed by atoms with Gasteiger partial charge in [-0.3, -0.25) is 4.52 Å². The maximum absolute atomic E-state index is 9.84. The number of rotatable bonds is 23. The molecule has 8 heteroatoms. The molecule has 0 amide bonds. The average Bonchev–Trinajstić information content (AvgIpc) is 2.74. The summed E-state index contributed by atoms with van der Waals surface area (Å²) in [5, 5.41) is 9.13. The number of alkyl halides is 1. The molecule has 0 rings (SSSR count). The van der Waals surface area contributed by atoms with Crippen molar-refractivity contribution < 1.29 is 24.0 Å². The highest BCUT2D eigenvalue weighted by Gasteiger charge is 2.11. The third-order valence-electron chi connectivity index (χ3n) is 4.93. The summed E-state index contributed by atoms with van der Waals surface area (Å²) in [6.45, 7) is 2.68. The van der Waals surface area contributed by atoms with Gasteiger partial charge in [0.15, 0.2) is 0 Å². The zero-order chi connectivity index (χ0) is 23.5. The number of halogens is 1. The fraction of sp³-hybridized carbons (Fsp3) is 1.00. The van der Waals surface area contributed by atoms with Gasteiger partial charge in [-0.25, -0.2) is 4.57 Å². The predicted molar refractivity (Wildman–Crippen MR) is 140 cm³/mol. The Morgan fingerprint density at radius 1 is 0.710 bits per heavy atom. The topological polar surface area (TPSA) is 87.0 Å². The molecule has 0 aliphatic heterocycles. The van der Waals surface area contributed by atoms with E-state index in [2.05, 4.69) is 27.4 Å². The van der Waals surface area contributed by atoms with Crippen LogP contribution in [0.5, 0.6) is 0 Å². The minimum Gasteiger partial charge on any atom is -0.396 e. The summed E-state index contributed by atoms with van der Waals surface area (Å²) in [5.41, 5.74) is 0. The third-order valence-corrected chi connectivity index (χ3v) is 6.92. The predicted octanol–water partition coefficient (Wildman–Crippen LogP) is 7.85. The zero-order valence-corrected chi connectivity index (χ0v) is 23.2. The normalized spacial score (nSPS) is 11.4. The first kappa shape index (κ1) is 34.1. The highest BCUT2D eigenvalue weighted by molar-refractivity contribution is 9.09. The summed E-state index contributed by atoms with van der Waals surface area (Å²) in [6, 6.07) is 0. The summed E-state index contributed by atoms with van der Waals surface area (Å²) in [4.78, 5) is 16.0. The van der Waals surface area contributed by atoms with Crippen LogP contribution in [0.3, 0.4) is 0 Å². The van der Waals surface area contributed by atoms with E-state index in [1.165, 1.54) is 108 Å². The molecule has 0 aliphatic carbocycles. The number of aliphatic hydroxyl groups excluding tert-OH is 1. The van der Waals surface area contributed by atoms with Crippen molar-refractivity contribution in [2.24, 2.45) is 0 Å². The molecule has 0 aliphatic rings. The summed E-state index contributed by atoms with van der Waals surface area (Å²) < 4.78 is 13.8. The second-order valence-electron chi connectivity index (χ2n) is 8.01. The molecule has 0 saturated heterocycles. The molecule has 0 aromatic heterocycles. The Morgan fingerprint density at radius 3 is 1.42 bits per heavy atom. The maximum atomic E-state index is 9.84. The van der Waals surface area contributed by atoms with Crippen LogP contribution >= 0.6 is 35.5 Å². The molecule has 3 N–H and O–H groups in total. The third kappa shape index (κ3) is 38.5. The maximum Gasteiger partial charge on any atom is 0.469 e. The van der Waals surface area contributed by atoms with Crippen LogP contribution in [-0.2, 0) is 9.09 Å². The highest BCUT2D eigenvalue weighted by atomic mass is 79.9. The van der Waals surface area contributed by atoms with Gasteiger partial charge in [-0.05, 0) is 24.3 Å². The molecule has 0 unspecified atom stereocenters. The largest absolute Gasteiger partial charge is 0.469 e. The number of hydrogen-bond acceptors (Lipinski definition) is 4. The molecule has 190 valence electrons. The molecule has 0 spiro atoms. The molecule has 0 radical (unpaired) electrons. The van der Waals surface area contributed by atoms with Crippen molar-refractivity contribution in [1.82, 2.24) is 0 Å². The van der Waals surface area contributed by atoms with Gasteiger partial charge in [-0.15, -0.1) is 0 Å². The number of phosphoric acid groups is 1. The van der Waals surface area contributed by atoms with E-state index in [1.807, 2.05) is 11.8 Å². The van der Waals surface area contributed by atoms with E-state index < -0.39 is 7.82 Å². The van der Waals surface area contributed by atoms with E-state index in [9.17, 15) is 4.57 Å². The van der Waals surface area contributed by atoms with Gasteiger partial charge in [0.1, 0.15) is 0 Å². The number of aliphatic hydroxyl groups is 1. The fourth-order valence-electron chi connectivity index (χ4n) is 3.17. The van der Waals surface area contributed by atoms with Gasteiger partial charge >= 0.3 is 7.82 Å². The van der Waals surface area contributed by atoms with E-state index in [1.54, 1.807) is 0 Å². The molecule has 31 heavy (non-hydrogen) atoms. The van der Waals surface area contributed by atoms with Gasteiger partial charge in [-0.1, -0.05) is 119 Å². The summed E-state index contributed by atoms with van der Waals surface area (Å²) in [5.74, 6) is 2.42. The second kappa shape index (κ2) is 28.9. The number of phosphoric ester groups is 1. The molecule has 0 fully saturated rings. The van der Waals surface area contributed by atoms with Gasteiger partial charge in [0.2, 0.25) is 0 Å². The zero-order valence-electron chi connectivity index (χ0n) is 19.9. The molecule has 0 heterocycles. The Morgan fingerprint density at radius 2 is 1.10 bits per heavy atom. The van der Waals surface area contributed by atoms with Gasteiger partial charge in [-0.2, -0.15) is 11.8 Å². The van der Waals surface area contributed by atoms with Crippen molar-refractivity contribution in [3.63, 3.8) is 0 Å². The van der Waals surface area contributed by atoms with Crippen LogP contribution in [0.4, 0.5) is 0 Å². The van der Waals surface area contributed by atoms with Crippen molar-refractivity contribution >= 4 is 35.5 Å². The highest BCUT2D eigenvalue weighted by Crippen LogP contribution is 2.35. The van der Waals surface area contributed by atoms with Crippen LogP contribution in [-0.4, -0.2) is 44.9 Å². The van der Waals surface area contributed by atoms with Crippen LogP contribution in [0.15, 0.2) is 0 Å².